The van der Waals surface area contributed by atoms with Crippen LogP contribution in [0, 0.1) is 12.8 Å². The lowest BCUT2D eigenvalue weighted by Crippen LogP contribution is -2.41. The lowest BCUT2D eigenvalue weighted by atomic mass is 10.1. The molecule has 0 spiro atoms. The molecule has 0 saturated carbocycles. The van der Waals surface area contributed by atoms with Crippen LogP contribution >= 0.6 is 11.8 Å². The Morgan fingerprint density at radius 3 is 2.87 bits per heavy atom. The van der Waals surface area contributed by atoms with Crippen molar-refractivity contribution < 1.29 is 4.79 Å². The Morgan fingerprint density at radius 2 is 2.13 bits per heavy atom. The summed E-state index contributed by atoms with van der Waals surface area (Å²) in [5, 5.41) is 3.74. The fourth-order valence-electron chi connectivity index (χ4n) is 2.62. The van der Waals surface area contributed by atoms with Crippen molar-refractivity contribution in [1.82, 2.24) is 14.9 Å². The molecule has 2 aromatic rings. The first-order valence-electron chi connectivity index (χ1n) is 7.61. The summed E-state index contributed by atoms with van der Waals surface area (Å²) < 4.78 is 1.61. The maximum Gasteiger partial charge on any atom is 0.257 e. The summed E-state index contributed by atoms with van der Waals surface area (Å²) >= 11 is 1.46. The number of aryl methyl sites for hydroxylation is 1. The average molecular weight is 329 g/mol. The van der Waals surface area contributed by atoms with Gasteiger partial charge in [-0.1, -0.05) is 42.1 Å². The van der Waals surface area contributed by atoms with E-state index in [9.17, 15) is 9.59 Å². The Morgan fingerprint density at radius 1 is 1.39 bits per heavy atom. The topological polar surface area (TPSA) is 64.0 Å². The van der Waals surface area contributed by atoms with E-state index in [0.29, 0.717) is 23.0 Å². The lowest BCUT2D eigenvalue weighted by Gasteiger charge is -2.25. The summed E-state index contributed by atoms with van der Waals surface area (Å²) in [6, 6.07) is 9.80. The standard InChI is InChI=1S/C17H19N3O2S/c1-11-8-18-17-20(16(11)22)9-14(10-23-17)15(21)19-12(2)13-6-4-3-5-7-13/h3-8,12,14H,9-10H2,1-2H3,(H,19,21). The highest BCUT2D eigenvalue weighted by Gasteiger charge is 2.27. The quantitative estimate of drug-likeness (QED) is 0.877. The van der Waals surface area contributed by atoms with Crippen molar-refractivity contribution in [2.45, 2.75) is 31.6 Å². The number of benzene rings is 1. The smallest absolute Gasteiger partial charge is 0.257 e. The minimum absolute atomic E-state index is 0.0205. The molecule has 2 heterocycles. The highest BCUT2D eigenvalue weighted by molar-refractivity contribution is 7.99. The summed E-state index contributed by atoms with van der Waals surface area (Å²) in [5.74, 6) is 0.399. The Hall–Kier alpha value is -2.08. The number of aromatic nitrogens is 2. The van der Waals surface area contributed by atoms with Crippen molar-refractivity contribution >= 4 is 17.7 Å². The van der Waals surface area contributed by atoms with Gasteiger partial charge in [0.25, 0.3) is 5.56 Å². The van der Waals surface area contributed by atoms with Crippen molar-refractivity contribution in [3.8, 4) is 0 Å². The Bertz CT molecular complexity index is 773. The number of rotatable bonds is 3. The second-order valence-electron chi connectivity index (χ2n) is 5.79. The number of hydrogen-bond acceptors (Lipinski definition) is 4. The highest BCUT2D eigenvalue weighted by Crippen LogP contribution is 2.25. The van der Waals surface area contributed by atoms with E-state index < -0.39 is 0 Å². The van der Waals surface area contributed by atoms with Crippen LogP contribution < -0.4 is 10.9 Å². The molecule has 2 atom stereocenters. The van der Waals surface area contributed by atoms with Gasteiger partial charge in [0.2, 0.25) is 5.91 Å². The minimum Gasteiger partial charge on any atom is -0.349 e. The molecular formula is C17H19N3O2S. The van der Waals surface area contributed by atoms with E-state index in [2.05, 4.69) is 10.3 Å². The van der Waals surface area contributed by atoms with E-state index >= 15 is 0 Å². The van der Waals surface area contributed by atoms with Crippen molar-refractivity contribution in [3.63, 3.8) is 0 Å². The molecule has 0 bridgehead atoms. The third-order valence-electron chi connectivity index (χ3n) is 4.03. The number of hydrogen-bond donors (Lipinski definition) is 1. The van der Waals surface area contributed by atoms with Gasteiger partial charge in [-0.2, -0.15) is 0 Å². The maximum absolute atomic E-state index is 12.5. The van der Waals surface area contributed by atoms with Gasteiger partial charge in [0.1, 0.15) is 0 Å². The Labute approximate surface area is 139 Å². The first kappa shape index (κ1) is 15.8. The Balaban J connectivity index is 1.72. The molecule has 0 aliphatic carbocycles. The average Bonchev–Trinajstić information content (AvgIpc) is 2.58. The molecule has 0 saturated heterocycles. The SMILES string of the molecule is Cc1cnc2n(c1=O)CC(C(=O)NC(C)c1ccccc1)CS2. The van der Waals surface area contributed by atoms with Gasteiger partial charge in [0.05, 0.1) is 12.0 Å². The van der Waals surface area contributed by atoms with Crippen molar-refractivity contribution in [1.29, 1.82) is 0 Å². The zero-order valence-electron chi connectivity index (χ0n) is 13.2. The monoisotopic (exact) mass is 329 g/mol. The zero-order chi connectivity index (χ0) is 16.4. The number of nitrogens with one attached hydrogen (secondary N) is 1. The van der Waals surface area contributed by atoms with E-state index in [1.165, 1.54) is 11.8 Å². The number of carbonyl (C=O) groups excluding carboxylic acids is 1. The number of amides is 1. The first-order valence-corrected chi connectivity index (χ1v) is 8.59. The van der Waals surface area contributed by atoms with Gasteiger partial charge in [-0.25, -0.2) is 4.98 Å². The zero-order valence-corrected chi connectivity index (χ0v) is 14.0. The van der Waals surface area contributed by atoms with Crippen molar-refractivity contribution in [2.24, 2.45) is 5.92 Å². The van der Waals surface area contributed by atoms with Gasteiger partial charge < -0.3 is 5.32 Å². The van der Waals surface area contributed by atoms with Crippen LogP contribution in [0.2, 0.25) is 0 Å². The molecule has 5 nitrogen and oxygen atoms in total. The van der Waals surface area contributed by atoms with Crippen LogP contribution in [0.5, 0.6) is 0 Å². The summed E-state index contributed by atoms with van der Waals surface area (Å²) in [4.78, 5) is 29.0. The maximum atomic E-state index is 12.5. The van der Waals surface area contributed by atoms with Crippen LogP contribution in [-0.2, 0) is 11.3 Å². The van der Waals surface area contributed by atoms with Crippen molar-refractivity contribution in [2.75, 3.05) is 5.75 Å². The minimum atomic E-state index is -0.222. The molecule has 3 rings (SSSR count). The molecule has 1 aromatic carbocycles. The Kier molecular flexibility index (Phi) is 4.52. The van der Waals surface area contributed by atoms with Crippen molar-refractivity contribution in [3.05, 3.63) is 58.0 Å². The third kappa shape index (κ3) is 3.32. The summed E-state index contributed by atoms with van der Waals surface area (Å²) in [6.45, 7) is 4.10. The van der Waals surface area contributed by atoms with E-state index in [0.717, 1.165) is 5.56 Å². The molecule has 1 amide bonds. The van der Waals surface area contributed by atoms with E-state index in [1.807, 2.05) is 37.3 Å². The predicted molar refractivity (Wildman–Crippen MR) is 90.4 cm³/mol. The molecule has 1 aromatic heterocycles. The normalized spacial score (nSPS) is 18.1. The molecule has 2 unspecified atom stereocenters. The first-order chi connectivity index (χ1) is 11.1. The summed E-state index contributed by atoms with van der Waals surface area (Å²) in [7, 11) is 0. The van der Waals surface area contributed by atoms with Crippen LogP contribution in [0.15, 0.2) is 46.5 Å². The molecule has 0 fully saturated rings. The van der Waals surface area contributed by atoms with E-state index in [4.69, 9.17) is 0 Å². The van der Waals surface area contributed by atoms with E-state index in [-0.39, 0.29) is 23.4 Å². The van der Waals surface area contributed by atoms with Crippen LogP contribution in [0.4, 0.5) is 0 Å². The highest BCUT2D eigenvalue weighted by atomic mass is 32.2. The van der Waals surface area contributed by atoms with Crippen LogP contribution in [0.25, 0.3) is 0 Å². The molecule has 6 heteroatoms. The van der Waals surface area contributed by atoms with Crippen LogP contribution in [0.3, 0.4) is 0 Å². The van der Waals surface area contributed by atoms with Gasteiger partial charge in [0.15, 0.2) is 5.16 Å². The number of nitrogens with zero attached hydrogens (tertiary/aromatic N) is 2. The second-order valence-corrected chi connectivity index (χ2v) is 6.78. The van der Waals surface area contributed by atoms with Gasteiger partial charge in [-0.3, -0.25) is 14.2 Å². The number of carbonyl (C=O) groups is 1. The molecule has 1 aliphatic rings. The molecular weight excluding hydrogens is 310 g/mol. The summed E-state index contributed by atoms with van der Waals surface area (Å²) in [6.07, 6.45) is 1.60. The van der Waals surface area contributed by atoms with Crippen LogP contribution in [0.1, 0.15) is 24.1 Å². The van der Waals surface area contributed by atoms with Crippen LogP contribution in [-0.4, -0.2) is 21.2 Å². The van der Waals surface area contributed by atoms with Gasteiger partial charge >= 0.3 is 0 Å². The molecule has 23 heavy (non-hydrogen) atoms. The predicted octanol–water partition coefficient (Wildman–Crippen LogP) is 2.15. The summed E-state index contributed by atoms with van der Waals surface area (Å²) in [5.41, 5.74) is 1.61. The third-order valence-corrected chi connectivity index (χ3v) is 5.18. The molecule has 1 aliphatic heterocycles. The second kappa shape index (κ2) is 6.58. The molecule has 0 radical (unpaired) electrons. The fraction of sp³-hybridized carbons (Fsp3) is 0.353. The van der Waals surface area contributed by atoms with Gasteiger partial charge in [-0.15, -0.1) is 0 Å². The molecule has 1 N–H and O–H groups in total. The number of fused-ring (bicyclic) bond motifs is 1. The fourth-order valence-corrected chi connectivity index (χ4v) is 3.66. The molecule has 120 valence electrons. The number of thioether (sulfide) groups is 1. The van der Waals surface area contributed by atoms with Gasteiger partial charge in [-0.05, 0) is 19.4 Å². The van der Waals surface area contributed by atoms with E-state index in [1.54, 1.807) is 17.7 Å². The largest absolute Gasteiger partial charge is 0.349 e. The lowest BCUT2D eigenvalue weighted by molar-refractivity contribution is -0.125. The van der Waals surface area contributed by atoms with Gasteiger partial charge in [0, 0.05) is 24.1 Å².